The van der Waals surface area contributed by atoms with Crippen molar-refractivity contribution < 1.29 is 23.8 Å². The molecule has 0 saturated heterocycles. The number of carbonyl (C=O) groups excluding carboxylic acids is 2. The maximum atomic E-state index is 12.4. The summed E-state index contributed by atoms with van der Waals surface area (Å²) in [6.07, 6.45) is -0.961. The van der Waals surface area contributed by atoms with Gasteiger partial charge < -0.3 is 14.2 Å². The minimum Gasteiger partial charge on any atom is -0.492 e. The third-order valence-electron chi connectivity index (χ3n) is 3.51. The zero-order valence-corrected chi connectivity index (χ0v) is 16.9. The van der Waals surface area contributed by atoms with Crippen LogP contribution in [0.5, 0.6) is 11.5 Å². The number of esters is 1. The van der Waals surface area contributed by atoms with Crippen molar-refractivity contribution in [1.29, 1.82) is 0 Å². The largest absolute Gasteiger partial charge is 0.492 e. The van der Waals surface area contributed by atoms with Gasteiger partial charge in [0, 0.05) is 10.6 Å². The molecule has 0 N–H and O–H groups in total. The molecule has 138 valence electrons. The van der Waals surface area contributed by atoms with Crippen molar-refractivity contribution >= 4 is 39.3 Å². The van der Waals surface area contributed by atoms with E-state index in [9.17, 15) is 9.59 Å². The molecule has 0 bridgehead atoms. The van der Waals surface area contributed by atoms with E-state index >= 15 is 0 Å². The summed E-state index contributed by atoms with van der Waals surface area (Å²) in [5.41, 5.74) is 0.621. The van der Waals surface area contributed by atoms with E-state index < -0.39 is 12.1 Å². The predicted octanol–water partition coefficient (Wildman–Crippen LogP) is 4.94. The van der Waals surface area contributed by atoms with Crippen LogP contribution in [0.2, 0.25) is 5.02 Å². The molecule has 0 spiro atoms. The SMILES string of the molecule is CCOc1cc(C(=O)OC(C)C(=O)c2cccc(Cl)c2)cc(Br)c1OC. The van der Waals surface area contributed by atoms with Crippen LogP contribution in [0.25, 0.3) is 0 Å². The van der Waals surface area contributed by atoms with Crippen molar-refractivity contribution in [2.24, 2.45) is 0 Å². The van der Waals surface area contributed by atoms with Crippen LogP contribution in [0.4, 0.5) is 0 Å². The lowest BCUT2D eigenvalue weighted by Crippen LogP contribution is -2.24. The van der Waals surface area contributed by atoms with Gasteiger partial charge in [-0.2, -0.15) is 0 Å². The lowest BCUT2D eigenvalue weighted by molar-refractivity contribution is 0.0318. The van der Waals surface area contributed by atoms with Crippen LogP contribution in [-0.4, -0.2) is 31.6 Å². The Bertz CT molecular complexity index is 822. The molecule has 0 aliphatic heterocycles. The number of benzene rings is 2. The minimum absolute atomic E-state index is 0.242. The Labute approximate surface area is 165 Å². The molecule has 0 aliphatic carbocycles. The first-order chi connectivity index (χ1) is 12.4. The molecule has 1 unspecified atom stereocenters. The number of carbonyl (C=O) groups is 2. The first-order valence-corrected chi connectivity index (χ1v) is 9.05. The highest BCUT2D eigenvalue weighted by molar-refractivity contribution is 9.10. The number of ketones is 1. The molecular weight excluding hydrogens is 424 g/mol. The first kappa shape index (κ1) is 20.3. The van der Waals surface area contributed by atoms with Gasteiger partial charge in [0.2, 0.25) is 5.78 Å². The van der Waals surface area contributed by atoms with Crippen LogP contribution in [0.1, 0.15) is 34.6 Å². The highest BCUT2D eigenvalue weighted by atomic mass is 79.9. The van der Waals surface area contributed by atoms with Crippen LogP contribution >= 0.6 is 27.5 Å². The van der Waals surface area contributed by atoms with Crippen molar-refractivity contribution in [1.82, 2.24) is 0 Å². The Kier molecular flexibility index (Phi) is 7.06. The molecule has 0 fully saturated rings. The molecule has 2 rings (SSSR count). The number of Topliss-reactive ketones (excluding diaryl/α,β-unsaturated/α-hetero) is 1. The van der Waals surface area contributed by atoms with Gasteiger partial charge in [-0.15, -0.1) is 0 Å². The second-order valence-electron chi connectivity index (χ2n) is 5.34. The summed E-state index contributed by atoms with van der Waals surface area (Å²) in [7, 11) is 1.51. The van der Waals surface area contributed by atoms with E-state index in [0.29, 0.717) is 33.2 Å². The number of ether oxygens (including phenoxy) is 3. The second kappa shape index (κ2) is 9.05. The van der Waals surface area contributed by atoms with Gasteiger partial charge in [0.15, 0.2) is 17.6 Å². The van der Waals surface area contributed by atoms with E-state index in [0.717, 1.165) is 0 Å². The average Bonchev–Trinajstić information content (AvgIpc) is 2.61. The molecule has 26 heavy (non-hydrogen) atoms. The lowest BCUT2D eigenvalue weighted by Gasteiger charge is -2.15. The maximum Gasteiger partial charge on any atom is 0.339 e. The molecule has 2 aromatic rings. The number of hydrogen-bond donors (Lipinski definition) is 0. The van der Waals surface area contributed by atoms with Crippen molar-refractivity contribution in [2.75, 3.05) is 13.7 Å². The van der Waals surface area contributed by atoms with Crippen LogP contribution in [0.3, 0.4) is 0 Å². The fraction of sp³-hybridized carbons (Fsp3) is 0.263. The van der Waals surface area contributed by atoms with E-state index in [4.69, 9.17) is 25.8 Å². The van der Waals surface area contributed by atoms with Crippen molar-refractivity contribution in [3.05, 3.63) is 57.0 Å². The zero-order valence-electron chi connectivity index (χ0n) is 14.5. The van der Waals surface area contributed by atoms with Crippen LogP contribution in [-0.2, 0) is 4.74 Å². The predicted molar refractivity (Wildman–Crippen MR) is 103 cm³/mol. The molecule has 7 heteroatoms. The summed E-state index contributed by atoms with van der Waals surface area (Å²) in [6, 6.07) is 9.56. The summed E-state index contributed by atoms with van der Waals surface area (Å²) >= 11 is 9.24. The van der Waals surface area contributed by atoms with E-state index in [1.165, 1.54) is 26.2 Å². The molecule has 0 aromatic heterocycles. The van der Waals surface area contributed by atoms with Crippen LogP contribution in [0.15, 0.2) is 40.9 Å². The van der Waals surface area contributed by atoms with E-state index in [-0.39, 0.29) is 11.3 Å². The van der Waals surface area contributed by atoms with E-state index in [2.05, 4.69) is 15.9 Å². The van der Waals surface area contributed by atoms with E-state index in [1.807, 2.05) is 6.92 Å². The fourth-order valence-electron chi connectivity index (χ4n) is 2.31. The molecule has 5 nitrogen and oxygen atoms in total. The summed E-state index contributed by atoms with van der Waals surface area (Å²) in [5.74, 6) is -0.0905. The molecule has 0 saturated carbocycles. The van der Waals surface area contributed by atoms with Gasteiger partial charge in [0.1, 0.15) is 0 Å². The third-order valence-corrected chi connectivity index (χ3v) is 4.34. The maximum absolute atomic E-state index is 12.4. The number of rotatable bonds is 7. The molecule has 2 aromatic carbocycles. The summed E-state index contributed by atoms with van der Waals surface area (Å²) in [4.78, 5) is 24.9. The Morgan fingerprint density at radius 1 is 1.19 bits per heavy atom. The van der Waals surface area contributed by atoms with Crippen molar-refractivity contribution in [3.8, 4) is 11.5 Å². The van der Waals surface area contributed by atoms with Crippen molar-refractivity contribution in [2.45, 2.75) is 20.0 Å². The zero-order chi connectivity index (χ0) is 19.3. The molecular formula is C19H18BrClO5. The van der Waals surface area contributed by atoms with Gasteiger partial charge in [-0.05, 0) is 54.0 Å². The van der Waals surface area contributed by atoms with Gasteiger partial charge in [0.25, 0.3) is 0 Å². The van der Waals surface area contributed by atoms with Gasteiger partial charge in [-0.1, -0.05) is 23.7 Å². The molecule has 0 aliphatic rings. The Balaban J connectivity index is 2.20. The van der Waals surface area contributed by atoms with Crippen molar-refractivity contribution in [3.63, 3.8) is 0 Å². The summed E-state index contributed by atoms with van der Waals surface area (Å²) in [5, 5.41) is 0.440. The van der Waals surface area contributed by atoms with Crippen LogP contribution in [0, 0.1) is 0 Å². The average molecular weight is 442 g/mol. The van der Waals surface area contributed by atoms with Gasteiger partial charge in [0.05, 0.1) is 23.8 Å². The normalized spacial score (nSPS) is 11.6. The minimum atomic E-state index is -0.961. The lowest BCUT2D eigenvalue weighted by atomic mass is 10.1. The van der Waals surface area contributed by atoms with Gasteiger partial charge >= 0.3 is 5.97 Å². The van der Waals surface area contributed by atoms with Gasteiger partial charge in [-0.3, -0.25) is 4.79 Å². The number of hydrogen-bond acceptors (Lipinski definition) is 5. The highest BCUT2D eigenvalue weighted by Gasteiger charge is 2.22. The molecule has 0 radical (unpaired) electrons. The summed E-state index contributed by atoms with van der Waals surface area (Å²) in [6.45, 7) is 3.75. The Hall–Kier alpha value is -2.05. The smallest absolute Gasteiger partial charge is 0.339 e. The topological polar surface area (TPSA) is 61.8 Å². The van der Waals surface area contributed by atoms with Gasteiger partial charge in [-0.25, -0.2) is 4.79 Å². The third kappa shape index (κ3) is 4.77. The summed E-state index contributed by atoms with van der Waals surface area (Å²) < 4.78 is 16.6. The number of methoxy groups -OCH3 is 1. The highest BCUT2D eigenvalue weighted by Crippen LogP contribution is 2.36. The quantitative estimate of drug-likeness (QED) is 0.450. The fourth-order valence-corrected chi connectivity index (χ4v) is 3.10. The molecule has 1 atom stereocenters. The van der Waals surface area contributed by atoms with Crippen LogP contribution < -0.4 is 9.47 Å². The van der Waals surface area contributed by atoms with E-state index in [1.54, 1.807) is 24.3 Å². The molecule has 0 heterocycles. The standard InChI is InChI=1S/C19H18BrClO5/c1-4-25-16-10-13(9-15(20)18(16)24-3)19(23)26-11(2)17(22)12-6-5-7-14(21)8-12/h5-11H,4H2,1-3H3. The number of halogens is 2. The Morgan fingerprint density at radius 2 is 1.92 bits per heavy atom. The molecule has 0 amide bonds. The first-order valence-electron chi connectivity index (χ1n) is 7.88. The monoisotopic (exact) mass is 440 g/mol. The second-order valence-corrected chi connectivity index (χ2v) is 6.64. The Morgan fingerprint density at radius 3 is 2.54 bits per heavy atom.